The van der Waals surface area contributed by atoms with Gasteiger partial charge in [-0.1, -0.05) is 20.8 Å². The molecule has 4 aliphatic rings. The smallest absolute Gasteiger partial charge is 0.180 e. The van der Waals surface area contributed by atoms with E-state index in [9.17, 15) is 45.6 Å². The number of aliphatic hydroxyl groups excluding tert-OH is 5. The zero-order valence-corrected chi connectivity index (χ0v) is 21.7. The van der Waals surface area contributed by atoms with Crippen molar-refractivity contribution in [3.8, 4) is 0 Å². The minimum atomic E-state index is -1.92. The van der Waals surface area contributed by atoms with Gasteiger partial charge >= 0.3 is 0 Å². The number of carbonyl (C=O) groups is 1. The summed E-state index contributed by atoms with van der Waals surface area (Å²) >= 11 is 0. The van der Waals surface area contributed by atoms with Crippen LogP contribution in [0.3, 0.4) is 0 Å². The molecule has 36 heavy (non-hydrogen) atoms. The van der Waals surface area contributed by atoms with Gasteiger partial charge in [0.2, 0.25) is 0 Å². The Bertz CT molecular complexity index is 902. The van der Waals surface area contributed by atoms with Crippen LogP contribution in [0.5, 0.6) is 0 Å². The van der Waals surface area contributed by atoms with Gasteiger partial charge in [0.05, 0.1) is 23.9 Å². The van der Waals surface area contributed by atoms with Gasteiger partial charge in [0, 0.05) is 16.7 Å². The van der Waals surface area contributed by atoms with E-state index in [0.717, 1.165) is 0 Å². The second-order valence-corrected chi connectivity index (χ2v) is 12.9. The molecule has 4 unspecified atom stereocenters. The van der Waals surface area contributed by atoms with Crippen molar-refractivity contribution in [3.05, 3.63) is 11.6 Å². The molecule has 3 fully saturated rings. The van der Waals surface area contributed by atoms with Crippen LogP contribution in [0.25, 0.3) is 0 Å². The van der Waals surface area contributed by atoms with Crippen LogP contribution in [0.1, 0.15) is 72.6 Å². The number of hydrogen-bond acceptors (Lipinski definition) is 9. The fourth-order valence-corrected chi connectivity index (χ4v) is 8.38. The van der Waals surface area contributed by atoms with Gasteiger partial charge < -0.3 is 40.9 Å². The normalized spacial score (nSPS) is 47.9. The minimum Gasteiger partial charge on any atom is -0.393 e. The topological polar surface area (TPSA) is 179 Å². The van der Waals surface area contributed by atoms with E-state index < -0.39 is 58.7 Å². The van der Waals surface area contributed by atoms with Crippen LogP contribution in [-0.2, 0) is 4.79 Å². The summed E-state index contributed by atoms with van der Waals surface area (Å²) in [6, 6.07) is 0. The first kappa shape index (κ1) is 28.1. The van der Waals surface area contributed by atoms with Gasteiger partial charge in [0.1, 0.15) is 11.7 Å². The minimum absolute atomic E-state index is 0.00257. The molecule has 0 aliphatic heterocycles. The lowest BCUT2D eigenvalue weighted by molar-refractivity contribution is -0.199. The summed E-state index contributed by atoms with van der Waals surface area (Å²) in [5.41, 5.74) is -4.10. The van der Waals surface area contributed by atoms with Crippen molar-refractivity contribution in [1.82, 2.24) is 0 Å². The van der Waals surface area contributed by atoms with Crippen molar-refractivity contribution in [2.75, 3.05) is 0 Å². The molecule has 0 radical (unpaired) electrons. The summed E-state index contributed by atoms with van der Waals surface area (Å²) in [5.74, 6) is -1.55. The maximum atomic E-state index is 13.3. The van der Waals surface area contributed by atoms with E-state index in [1.54, 1.807) is 6.92 Å². The molecule has 9 nitrogen and oxygen atoms in total. The lowest BCUT2D eigenvalue weighted by Crippen LogP contribution is -2.66. The fraction of sp³-hybridized carbons (Fsp3) is 0.889. The molecule has 3 saturated carbocycles. The predicted octanol–water partition coefficient (Wildman–Crippen LogP) is 0.000700. The van der Waals surface area contributed by atoms with Crippen LogP contribution in [0.4, 0.5) is 0 Å². The summed E-state index contributed by atoms with van der Waals surface area (Å²) in [6.07, 6.45) is -2.63. The van der Waals surface area contributed by atoms with Gasteiger partial charge in [-0.05, 0) is 81.3 Å². The quantitative estimate of drug-likeness (QED) is 0.227. The Morgan fingerprint density at radius 1 is 1.08 bits per heavy atom. The summed E-state index contributed by atoms with van der Waals surface area (Å²) in [7, 11) is 0. The molecule has 4 rings (SSSR count). The monoisotopic (exact) mass is 512 g/mol. The number of carbonyl (C=O) groups excluding carboxylic acids is 1. The summed E-state index contributed by atoms with van der Waals surface area (Å²) in [4.78, 5) is 13.3. The van der Waals surface area contributed by atoms with Crippen LogP contribution in [0.2, 0.25) is 0 Å². The molecular formula is C27H44O9. The highest BCUT2D eigenvalue weighted by molar-refractivity contribution is 5.95. The van der Waals surface area contributed by atoms with E-state index in [4.69, 9.17) is 0 Å². The zero-order valence-electron chi connectivity index (χ0n) is 21.7. The van der Waals surface area contributed by atoms with Crippen LogP contribution in [0, 0.1) is 34.5 Å². The van der Waals surface area contributed by atoms with Crippen molar-refractivity contribution in [3.63, 3.8) is 0 Å². The van der Waals surface area contributed by atoms with Gasteiger partial charge in [0.15, 0.2) is 12.1 Å². The fourth-order valence-electron chi connectivity index (χ4n) is 8.38. The van der Waals surface area contributed by atoms with E-state index in [1.165, 1.54) is 13.0 Å². The average Bonchev–Trinajstić information content (AvgIpc) is 3.09. The SMILES string of the molecule is CC([C@H](O)CCC(C)(O)C(O)O)[C@H]1CC[C@@]2(O)C3=CC(=O)[C@@H]4C[C@@H](O)[C@H](O)C(O)[C@]4(C)C3CC[C@]12C. The lowest BCUT2D eigenvalue weighted by atomic mass is 9.45. The van der Waals surface area contributed by atoms with Crippen molar-refractivity contribution < 1.29 is 45.6 Å². The molecule has 8 N–H and O–H groups in total. The number of allylic oxidation sites excluding steroid dienone is 1. The van der Waals surface area contributed by atoms with Crippen LogP contribution >= 0.6 is 0 Å². The summed E-state index contributed by atoms with van der Waals surface area (Å²) in [6.45, 7) is 7.00. The summed E-state index contributed by atoms with van der Waals surface area (Å²) < 4.78 is 0. The average molecular weight is 513 g/mol. The van der Waals surface area contributed by atoms with Crippen molar-refractivity contribution in [2.45, 2.75) is 115 Å². The zero-order chi connectivity index (χ0) is 27.0. The molecule has 0 bridgehead atoms. The molecular weight excluding hydrogens is 468 g/mol. The highest BCUT2D eigenvalue weighted by Crippen LogP contribution is 2.68. The molecule has 9 heteroatoms. The van der Waals surface area contributed by atoms with E-state index in [2.05, 4.69) is 0 Å². The third-order valence-corrected chi connectivity index (χ3v) is 11.1. The number of hydrogen-bond donors (Lipinski definition) is 8. The molecule has 0 heterocycles. The van der Waals surface area contributed by atoms with Gasteiger partial charge in [-0.25, -0.2) is 0 Å². The second-order valence-electron chi connectivity index (χ2n) is 12.9. The van der Waals surface area contributed by atoms with Crippen molar-refractivity contribution in [1.29, 1.82) is 0 Å². The summed E-state index contributed by atoms with van der Waals surface area (Å²) in [5, 5.41) is 83.8. The first-order valence-corrected chi connectivity index (χ1v) is 13.3. The maximum absolute atomic E-state index is 13.3. The first-order chi connectivity index (χ1) is 16.5. The second kappa shape index (κ2) is 9.09. The molecule has 4 aliphatic carbocycles. The Labute approximate surface area is 212 Å². The number of fused-ring (bicyclic) bond motifs is 5. The highest BCUT2D eigenvalue weighted by Gasteiger charge is 2.68. The Kier molecular flexibility index (Phi) is 7.10. The van der Waals surface area contributed by atoms with Crippen LogP contribution in [-0.4, -0.2) is 88.5 Å². The Hall–Kier alpha value is -0.910. The largest absolute Gasteiger partial charge is 0.393 e. The molecule has 0 amide bonds. The number of aliphatic hydroxyl groups is 8. The van der Waals surface area contributed by atoms with E-state index in [1.807, 2.05) is 13.8 Å². The molecule has 0 aromatic heterocycles. The first-order valence-electron chi connectivity index (χ1n) is 13.3. The molecule has 12 atom stereocenters. The van der Waals surface area contributed by atoms with Crippen molar-refractivity contribution in [2.24, 2.45) is 34.5 Å². The van der Waals surface area contributed by atoms with Gasteiger partial charge in [0.25, 0.3) is 0 Å². The van der Waals surface area contributed by atoms with Gasteiger partial charge in [-0.3, -0.25) is 4.79 Å². The Morgan fingerprint density at radius 3 is 2.33 bits per heavy atom. The standard InChI is InChI=1S/C27H44O9/c1-13(18(28)7-9-25(3,35)23(33)34)14-6-10-27(36)16-11-19(29)17-12-20(30)21(31)22(32)26(17,4)15(16)5-8-24(14,27)2/h11,13-15,17-18,20-23,28,30-36H,5-10,12H2,1-4H3/t13?,14-,15?,17+,18-,20-,21+,22?,24-,25?,26-,27-/m1/s1. The van der Waals surface area contributed by atoms with Crippen LogP contribution in [0.15, 0.2) is 11.6 Å². The van der Waals surface area contributed by atoms with Gasteiger partial charge in [-0.2, -0.15) is 0 Å². The van der Waals surface area contributed by atoms with E-state index in [0.29, 0.717) is 31.3 Å². The molecule has 206 valence electrons. The molecule has 0 spiro atoms. The van der Waals surface area contributed by atoms with Crippen LogP contribution < -0.4 is 0 Å². The van der Waals surface area contributed by atoms with Crippen molar-refractivity contribution >= 4 is 5.78 Å². The third kappa shape index (κ3) is 3.85. The molecule has 0 aromatic rings. The Morgan fingerprint density at radius 2 is 1.72 bits per heavy atom. The molecule has 0 aromatic carbocycles. The van der Waals surface area contributed by atoms with E-state index >= 15 is 0 Å². The number of ketones is 1. The highest BCUT2D eigenvalue weighted by atomic mass is 16.5. The maximum Gasteiger partial charge on any atom is 0.180 e. The molecule has 0 saturated heterocycles. The third-order valence-electron chi connectivity index (χ3n) is 11.1. The predicted molar refractivity (Wildman–Crippen MR) is 129 cm³/mol. The lowest BCUT2D eigenvalue weighted by Gasteiger charge is -2.61. The van der Waals surface area contributed by atoms with E-state index in [-0.39, 0.29) is 42.8 Å². The number of rotatable bonds is 6. The Balaban J connectivity index is 1.61. The van der Waals surface area contributed by atoms with Gasteiger partial charge in [-0.15, -0.1) is 0 Å².